The van der Waals surface area contributed by atoms with Gasteiger partial charge in [0.2, 0.25) is 0 Å². The van der Waals surface area contributed by atoms with E-state index in [1.807, 2.05) is 12.5 Å². The molecule has 0 radical (unpaired) electrons. The number of hydrogen-bond acceptors (Lipinski definition) is 4. The number of rotatable bonds is 5. The van der Waals surface area contributed by atoms with Crippen molar-refractivity contribution in [1.29, 1.82) is 0 Å². The molecule has 2 aliphatic rings. The Balaban J connectivity index is 1.56. The molecule has 5 nitrogen and oxygen atoms in total. The highest BCUT2D eigenvalue weighted by molar-refractivity contribution is 5.03. The lowest BCUT2D eigenvalue weighted by molar-refractivity contribution is 0.195. The van der Waals surface area contributed by atoms with Crippen molar-refractivity contribution in [3.8, 4) is 0 Å². The summed E-state index contributed by atoms with van der Waals surface area (Å²) in [6, 6.07) is 0.718. The van der Waals surface area contributed by atoms with Crippen molar-refractivity contribution in [3.05, 3.63) is 18.2 Å². The molecule has 3 rings (SSSR count). The summed E-state index contributed by atoms with van der Waals surface area (Å²) >= 11 is 0. The van der Waals surface area contributed by atoms with E-state index in [2.05, 4.69) is 19.4 Å². The van der Waals surface area contributed by atoms with Gasteiger partial charge in [-0.05, 0) is 32.4 Å². The lowest BCUT2D eigenvalue weighted by Gasteiger charge is -2.21. The fraction of sp³-hybridized carbons (Fsp3) is 0.786. The van der Waals surface area contributed by atoms with Gasteiger partial charge in [-0.1, -0.05) is 0 Å². The molecular formula is C14H24N4O. The predicted molar refractivity (Wildman–Crippen MR) is 73.9 cm³/mol. The van der Waals surface area contributed by atoms with E-state index in [0.717, 1.165) is 45.3 Å². The Bertz CT molecular complexity index is 402. The maximum absolute atomic E-state index is 9.02. The van der Waals surface area contributed by atoms with Crippen LogP contribution in [0.15, 0.2) is 12.5 Å². The van der Waals surface area contributed by atoms with Crippen molar-refractivity contribution in [1.82, 2.24) is 19.4 Å². The van der Waals surface area contributed by atoms with E-state index < -0.39 is 0 Å². The van der Waals surface area contributed by atoms with Crippen LogP contribution in [0.3, 0.4) is 0 Å². The first kappa shape index (κ1) is 13.1. The molecule has 0 spiro atoms. The number of nitrogens with zero attached hydrogens (tertiary/aromatic N) is 4. The van der Waals surface area contributed by atoms with Crippen LogP contribution in [-0.2, 0) is 6.54 Å². The first-order valence-electron chi connectivity index (χ1n) is 7.43. The lowest BCUT2D eigenvalue weighted by Crippen LogP contribution is -2.32. The average Bonchev–Trinajstić information content (AvgIpc) is 3.18. The monoisotopic (exact) mass is 264 g/mol. The summed E-state index contributed by atoms with van der Waals surface area (Å²) in [5, 5.41) is 9.02. The smallest absolute Gasteiger partial charge is 0.0951 e. The van der Waals surface area contributed by atoms with Crippen LogP contribution < -0.4 is 0 Å². The molecule has 19 heavy (non-hydrogen) atoms. The number of aliphatic hydroxyl groups excluding tert-OH is 1. The number of β-amino-alcohol motifs (C(OH)–C–C–N with tert-alkyl or cyclic N) is 1. The van der Waals surface area contributed by atoms with Crippen LogP contribution in [0, 0.1) is 0 Å². The van der Waals surface area contributed by atoms with Crippen LogP contribution in [0.1, 0.15) is 31.0 Å². The summed E-state index contributed by atoms with van der Waals surface area (Å²) < 4.78 is 2.36. The average molecular weight is 264 g/mol. The van der Waals surface area contributed by atoms with Crippen molar-refractivity contribution in [3.63, 3.8) is 0 Å². The van der Waals surface area contributed by atoms with Gasteiger partial charge in [0.05, 0.1) is 18.6 Å². The molecule has 0 atom stereocenters. The van der Waals surface area contributed by atoms with Crippen molar-refractivity contribution in [2.75, 3.05) is 39.3 Å². The topological polar surface area (TPSA) is 44.5 Å². The Kier molecular flexibility index (Phi) is 4.15. The Morgan fingerprint density at radius 1 is 1.16 bits per heavy atom. The van der Waals surface area contributed by atoms with Crippen molar-refractivity contribution < 1.29 is 5.11 Å². The number of aromatic nitrogens is 2. The molecule has 0 aromatic carbocycles. The zero-order chi connectivity index (χ0) is 13.1. The second-order valence-corrected chi connectivity index (χ2v) is 5.72. The van der Waals surface area contributed by atoms with Gasteiger partial charge < -0.3 is 9.67 Å². The summed E-state index contributed by atoms with van der Waals surface area (Å²) in [4.78, 5) is 9.19. The number of hydrogen-bond donors (Lipinski definition) is 1. The summed E-state index contributed by atoms with van der Waals surface area (Å²) in [6.07, 6.45) is 7.83. The molecule has 0 bridgehead atoms. The minimum Gasteiger partial charge on any atom is -0.395 e. The van der Waals surface area contributed by atoms with E-state index in [0.29, 0.717) is 0 Å². The minimum atomic E-state index is 0.272. The van der Waals surface area contributed by atoms with Gasteiger partial charge in [-0.2, -0.15) is 0 Å². The van der Waals surface area contributed by atoms with Crippen molar-refractivity contribution >= 4 is 0 Å². The highest BCUT2D eigenvalue weighted by atomic mass is 16.3. The van der Waals surface area contributed by atoms with Crippen molar-refractivity contribution in [2.24, 2.45) is 0 Å². The quantitative estimate of drug-likeness (QED) is 0.851. The maximum Gasteiger partial charge on any atom is 0.0951 e. The molecular weight excluding hydrogens is 240 g/mol. The van der Waals surface area contributed by atoms with Gasteiger partial charge in [-0.3, -0.25) is 9.80 Å². The van der Waals surface area contributed by atoms with E-state index in [-0.39, 0.29) is 6.61 Å². The summed E-state index contributed by atoms with van der Waals surface area (Å²) in [5.74, 6) is 0. The van der Waals surface area contributed by atoms with Gasteiger partial charge in [0.25, 0.3) is 0 Å². The molecule has 5 heteroatoms. The van der Waals surface area contributed by atoms with Crippen LogP contribution >= 0.6 is 0 Å². The number of aliphatic hydroxyl groups is 1. The fourth-order valence-corrected chi connectivity index (χ4v) is 2.91. The number of imidazole rings is 1. The van der Waals surface area contributed by atoms with E-state index >= 15 is 0 Å². The first-order chi connectivity index (χ1) is 9.36. The molecule has 1 aliphatic carbocycles. The minimum absolute atomic E-state index is 0.272. The molecule has 1 N–H and O–H groups in total. The summed E-state index contributed by atoms with van der Waals surface area (Å²) in [7, 11) is 0. The molecule has 1 saturated carbocycles. The molecule has 106 valence electrons. The summed E-state index contributed by atoms with van der Waals surface area (Å²) in [5.41, 5.74) is 1.36. The molecule has 1 aromatic rings. The lowest BCUT2D eigenvalue weighted by atomic mass is 10.3. The molecule has 1 saturated heterocycles. The van der Waals surface area contributed by atoms with Crippen LogP contribution in [-0.4, -0.2) is 63.8 Å². The summed E-state index contributed by atoms with van der Waals surface area (Å²) in [6.45, 7) is 6.52. The highest BCUT2D eigenvalue weighted by Gasteiger charge is 2.26. The molecule has 1 aliphatic heterocycles. The third-order valence-electron chi connectivity index (χ3n) is 4.17. The van der Waals surface area contributed by atoms with Crippen LogP contribution in [0.4, 0.5) is 0 Å². The second-order valence-electron chi connectivity index (χ2n) is 5.72. The Hall–Kier alpha value is -0.910. The van der Waals surface area contributed by atoms with Gasteiger partial charge in [0.1, 0.15) is 0 Å². The highest BCUT2D eigenvalue weighted by Crippen LogP contribution is 2.35. The van der Waals surface area contributed by atoms with Gasteiger partial charge in [0.15, 0.2) is 0 Å². The standard InChI is InChI=1S/C14H24N4O/c19-9-8-16-4-1-5-17(7-6-16)11-14-10-15-12-18(14)13-2-3-13/h10,12-13,19H,1-9,11H2. The molecule has 2 fully saturated rings. The Labute approximate surface area is 114 Å². The van der Waals surface area contributed by atoms with E-state index in [4.69, 9.17) is 5.11 Å². The molecule has 1 aromatic heterocycles. The van der Waals surface area contributed by atoms with E-state index in [1.165, 1.54) is 25.0 Å². The van der Waals surface area contributed by atoms with Gasteiger partial charge in [-0.25, -0.2) is 4.98 Å². The Morgan fingerprint density at radius 2 is 1.95 bits per heavy atom. The zero-order valence-electron chi connectivity index (χ0n) is 11.5. The van der Waals surface area contributed by atoms with Crippen LogP contribution in [0.5, 0.6) is 0 Å². The Morgan fingerprint density at radius 3 is 2.74 bits per heavy atom. The molecule has 2 heterocycles. The third kappa shape index (κ3) is 3.35. The fourth-order valence-electron chi connectivity index (χ4n) is 2.91. The van der Waals surface area contributed by atoms with Crippen LogP contribution in [0.25, 0.3) is 0 Å². The molecule has 0 unspecified atom stereocenters. The van der Waals surface area contributed by atoms with Gasteiger partial charge in [-0.15, -0.1) is 0 Å². The SMILES string of the molecule is OCCN1CCCN(Cc2cncn2C2CC2)CC1. The van der Waals surface area contributed by atoms with Gasteiger partial charge in [0, 0.05) is 38.4 Å². The van der Waals surface area contributed by atoms with E-state index in [1.54, 1.807) is 0 Å². The van der Waals surface area contributed by atoms with E-state index in [9.17, 15) is 0 Å². The third-order valence-corrected chi connectivity index (χ3v) is 4.17. The zero-order valence-corrected chi connectivity index (χ0v) is 11.5. The maximum atomic E-state index is 9.02. The van der Waals surface area contributed by atoms with Crippen LogP contribution in [0.2, 0.25) is 0 Å². The normalized spacial score (nSPS) is 22.6. The second kappa shape index (κ2) is 6.03. The predicted octanol–water partition coefficient (Wildman–Crippen LogP) is 0.718. The van der Waals surface area contributed by atoms with Crippen molar-refractivity contribution in [2.45, 2.75) is 31.8 Å². The largest absolute Gasteiger partial charge is 0.395 e. The first-order valence-corrected chi connectivity index (χ1v) is 7.43. The molecule has 0 amide bonds. The van der Waals surface area contributed by atoms with Gasteiger partial charge >= 0.3 is 0 Å².